The molecule has 1 heterocycles. The summed E-state index contributed by atoms with van der Waals surface area (Å²) in [5.74, 6) is 0.420. The first-order valence-corrected chi connectivity index (χ1v) is 5.84. The van der Waals surface area contributed by atoms with E-state index < -0.39 is 0 Å². The van der Waals surface area contributed by atoms with Crippen molar-refractivity contribution in [1.29, 1.82) is 5.26 Å². The van der Waals surface area contributed by atoms with Crippen molar-refractivity contribution in [1.82, 2.24) is 4.57 Å². The Morgan fingerprint density at radius 1 is 1.37 bits per heavy atom. The van der Waals surface area contributed by atoms with E-state index in [9.17, 15) is 4.39 Å². The zero-order valence-corrected chi connectivity index (χ0v) is 10.9. The average molecular weight is 258 g/mol. The molecule has 0 bridgehead atoms. The van der Waals surface area contributed by atoms with Crippen LogP contribution >= 0.6 is 0 Å². The number of hydrogen-bond acceptors (Lipinski definition) is 3. The number of nitrogens with two attached hydrogens (primary N) is 1. The van der Waals surface area contributed by atoms with Crippen LogP contribution in [0.25, 0.3) is 0 Å². The fourth-order valence-electron chi connectivity index (χ4n) is 2.11. The van der Waals surface area contributed by atoms with Gasteiger partial charge in [0, 0.05) is 19.7 Å². The molecule has 2 aromatic rings. The average Bonchev–Trinajstić information content (AvgIpc) is 2.68. The highest BCUT2D eigenvalue weighted by atomic mass is 19.1. The van der Waals surface area contributed by atoms with Crippen LogP contribution in [0.1, 0.15) is 11.3 Å². The van der Waals surface area contributed by atoms with Crippen LogP contribution in [-0.2, 0) is 6.54 Å². The van der Waals surface area contributed by atoms with Crippen molar-refractivity contribution in [3.8, 4) is 6.07 Å². The normalized spacial score (nSPS) is 10.2. The second-order valence-electron chi connectivity index (χ2n) is 4.49. The lowest BCUT2D eigenvalue weighted by Gasteiger charge is -2.18. The number of halogens is 1. The summed E-state index contributed by atoms with van der Waals surface area (Å²) in [6.45, 7) is 0.278. The van der Waals surface area contributed by atoms with E-state index in [1.54, 1.807) is 28.8 Å². The van der Waals surface area contributed by atoms with Gasteiger partial charge in [0.15, 0.2) is 0 Å². The number of hydrogen-bond donors (Lipinski definition) is 1. The maximum atomic E-state index is 13.7. The van der Waals surface area contributed by atoms with Gasteiger partial charge in [-0.1, -0.05) is 18.2 Å². The van der Waals surface area contributed by atoms with Crippen molar-refractivity contribution in [2.45, 2.75) is 6.54 Å². The van der Waals surface area contributed by atoms with Gasteiger partial charge in [-0.15, -0.1) is 0 Å². The lowest BCUT2D eigenvalue weighted by Crippen LogP contribution is -2.17. The molecular formula is C14H15FN4. The molecule has 0 spiro atoms. The molecule has 0 aliphatic rings. The van der Waals surface area contributed by atoms with E-state index in [0.29, 0.717) is 22.8 Å². The molecule has 0 saturated heterocycles. The lowest BCUT2D eigenvalue weighted by atomic mass is 10.2. The molecule has 0 saturated carbocycles. The number of nitriles is 1. The van der Waals surface area contributed by atoms with Crippen molar-refractivity contribution in [3.63, 3.8) is 0 Å². The van der Waals surface area contributed by atoms with Crippen LogP contribution in [0.4, 0.5) is 15.9 Å². The maximum absolute atomic E-state index is 13.7. The molecular weight excluding hydrogens is 243 g/mol. The third-order valence-electron chi connectivity index (χ3n) is 2.92. The Labute approximate surface area is 111 Å². The Morgan fingerprint density at radius 3 is 2.63 bits per heavy atom. The number of anilines is 2. The molecule has 0 radical (unpaired) electrons. The molecule has 1 aromatic heterocycles. The zero-order chi connectivity index (χ0) is 14.0. The Morgan fingerprint density at radius 2 is 2.05 bits per heavy atom. The van der Waals surface area contributed by atoms with Crippen LogP contribution < -0.4 is 10.6 Å². The second kappa shape index (κ2) is 5.02. The van der Waals surface area contributed by atoms with E-state index in [2.05, 4.69) is 6.07 Å². The zero-order valence-electron chi connectivity index (χ0n) is 10.9. The van der Waals surface area contributed by atoms with Crippen molar-refractivity contribution < 1.29 is 4.39 Å². The monoisotopic (exact) mass is 258 g/mol. The third kappa shape index (κ3) is 2.38. The Kier molecular flexibility index (Phi) is 3.43. The standard InChI is InChI=1S/C14H15FN4/c1-18(2)14-13(17)7-11(8-16)19(14)9-10-5-3-4-6-12(10)15/h3-7H,9,17H2,1-2H3. The summed E-state index contributed by atoms with van der Waals surface area (Å²) in [6, 6.07) is 10.2. The molecule has 4 nitrogen and oxygen atoms in total. The predicted octanol–water partition coefficient (Wildman–Crippen LogP) is 2.20. The molecule has 0 aliphatic carbocycles. The minimum absolute atomic E-state index is 0.278. The van der Waals surface area contributed by atoms with Crippen molar-refractivity contribution in [2.24, 2.45) is 0 Å². The molecule has 5 heteroatoms. The number of rotatable bonds is 3. The van der Waals surface area contributed by atoms with E-state index in [1.165, 1.54) is 6.07 Å². The summed E-state index contributed by atoms with van der Waals surface area (Å²) in [4.78, 5) is 1.82. The maximum Gasteiger partial charge on any atom is 0.133 e. The Hall–Kier alpha value is -2.48. The number of aromatic nitrogens is 1. The molecule has 0 fully saturated rings. The third-order valence-corrected chi connectivity index (χ3v) is 2.92. The summed E-state index contributed by atoms with van der Waals surface area (Å²) >= 11 is 0. The van der Waals surface area contributed by atoms with Crippen molar-refractivity contribution >= 4 is 11.5 Å². The van der Waals surface area contributed by atoms with Crippen LogP contribution in [-0.4, -0.2) is 18.7 Å². The molecule has 19 heavy (non-hydrogen) atoms. The van der Waals surface area contributed by atoms with Gasteiger partial charge in [-0.2, -0.15) is 5.26 Å². The van der Waals surface area contributed by atoms with Gasteiger partial charge in [0.2, 0.25) is 0 Å². The van der Waals surface area contributed by atoms with Crippen LogP contribution in [0.5, 0.6) is 0 Å². The van der Waals surface area contributed by atoms with Gasteiger partial charge >= 0.3 is 0 Å². The quantitative estimate of drug-likeness (QED) is 0.918. The summed E-state index contributed by atoms with van der Waals surface area (Å²) in [6.07, 6.45) is 0. The SMILES string of the molecule is CN(C)c1c(N)cc(C#N)n1Cc1ccccc1F. The minimum atomic E-state index is -0.289. The van der Waals surface area contributed by atoms with Gasteiger partial charge in [-0.05, 0) is 12.1 Å². The Balaban J connectivity index is 2.51. The highest BCUT2D eigenvalue weighted by Crippen LogP contribution is 2.27. The Bertz CT molecular complexity index is 637. The van der Waals surface area contributed by atoms with Gasteiger partial charge in [0.05, 0.1) is 12.2 Å². The topological polar surface area (TPSA) is 58.0 Å². The van der Waals surface area contributed by atoms with E-state index in [1.807, 2.05) is 19.0 Å². The van der Waals surface area contributed by atoms with Crippen LogP contribution in [0.3, 0.4) is 0 Å². The minimum Gasteiger partial charge on any atom is -0.396 e. The molecule has 2 N–H and O–H groups in total. The van der Waals surface area contributed by atoms with Crippen molar-refractivity contribution in [3.05, 3.63) is 47.4 Å². The molecule has 0 amide bonds. The predicted molar refractivity (Wildman–Crippen MR) is 73.4 cm³/mol. The first kappa shape index (κ1) is 13.0. The second-order valence-corrected chi connectivity index (χ2v) is 4.49. The van der Waals surface area contributed by atoms with Gasteiger partial charge in [-0.3, -0.25) is 0 Å². The van der Waals surface area contributed by atoms with Crippen LogP contribution in [0.15, 0.2) is 30.3 Å². The van der Waals surface area contributed by atoms with Gasteiger partial charge in [0.1, 0.15) is 23.4 Å². The largest absolute Gasteiger partial charge is 0.396 e. The highest BCUT2D eigenvalue weighted by molar-refractivity contribution is 5.67. The van der Waals surface area contributed by atoms with Gasteiger partial charge < -0.3 is 15.2 Å². The first-order valence-electron chi connectivity index (χ1n) is 5.84. The molecule has 0 unspecified atom stereocenters. The molecule has 2 rings (SSSR count). The number of benzene rings is 1. The number of nitrogens with zero attached hydrogens (tertiary/aromatic N) is 3. The van der Waals surface area contributed by atoms with Crippen LogP contribution in [0, 0.1) is 17.1 Å². The molecule has 0 aliphatic heterocycles. The van der Waals surface area contributed by atoms with E-state index >= 15 is 0 Å². The summed E-state index contributed by atoms with van der Waals surface area (Å²) in [5, 5.41) is 9.15. The fraction of sp³-hybridized carbons (Fsp3) is 0.214. The smallest absolute Gasteiger partial charge is 0.133 e. The lowest BCUT2D eigenvalue weighted by molar-refractivity contribution is 0.599. The van der Waals surface area contributed by atoms with Gasteiger partial charge in [-0.25, -0.2) is 4.39 Å². The summed E-state index contributed by atoms with van der Waals surface area (Å²) in [7, 11) is 3.68. The first-order chi connectivity index (χ1) is 9.04. The molecule has 98 valence electrons. The number of nitrogen functional groups attached to an aromatic ring is 1. The summed E-state index contributed by atoms with van der Waals surface area (Å²) in [5.41, 5.74) is 7.36. The van der Waals surface area contributed by atoms with Gasteiger partial charge in [0.25, 0.3) is 0 Å². The highest BCUT2D eigenvalue weighted by Gasteiger charge is 2.16. The summed E-state index contributed by atoms with van der Waals surface area (Å²) < 4.78 is 15.4. The van der Waals surface area contributed by atoms with E-state index in [0.717, 1.165) is 0 Å². The molecule has 1 aromatic carbocycles. The van der Waals surface area contributed by atoms with E-state index in [-0.39, 0.29) is 12.4 Å². The van der Waals surface area contributed by atoms with Crippen LogP contribution in [0.2, 0.25) is 0 Å². The fourth-order valence-corrected chi connectivity index (χ4v) is 2.11. The van der Waals surface area contributed by atoms with Crippen molar-refractivity contribution in [2.75, 3.05) is 24.7 Å². The molecule has 0 atom stereocenters. The van der Waals surface area contributed by atoms with E-state index in [4.69, 9.17) is 11.0 Å².